The van der Waals surface area contributed by atoms with Gasteiger partial charge in [-0.1, -0.05) is 37.3 Å². The van der Waals surface area contributed by atoms with Crippen LogP contribution in [0.5, 0.6) is 0 Å². The zero-order valence-corrected chi connectivity index (χ0v) is 12.3. The molecular weight excluding hydrogens is 254 g/mol. The summed E-state index contributed by atoms with van der Waals surface area (Å²) in [6, 6.07) is 10.5. The Hall–Kier alpha value is -1.26. The second-order valence-electron chi connectivity index (χ2n) is 4.62. The molecule has 102 valence electrons. The van der Waals surface area contributed by atoms with Gasteiger partial charge < -0.3 is 10.3 Å². The number of nitrogens with two attached hydrogens (primary N) is 1. The molecule has 1 heterocycles. The fourth-order valence-corrected chi connectivity index (χ4v) is 2.86. The van der Waals surface area contributed by atoms with Crippen LogP contribution in [0.15, 0.2) is 42.9 Å². The average Bonchev–Trinajstić information content (AvgIpc) is 2.94. The van der Waals surface area contributed by atoms with Gasteiger partial charge in [-0.3, -0.25) is 0 Å². The number of aromatic nitrogens is 2. The maximum Gasteiger partial charge on any atom is 0.0951 e. The van der Waals surface area contributed by atoms with Crippen molar-refractivity contribution in [3.63, 3.8) is 0 Å². The monoisotopic (exact) mass is 275 g/mol. The molecule has 0 aliphatic heterocycles. The highest BCUT2D eigenvalue weighted by atomic mass is 32.2. The number of hydrogen-bond acceptors (Lipinski definition) is 3. The first kappa shape index (κ1) is 14.2. The van der Waals surface area contributed by atoms with E-state index in [9.17, 15) is 0 Å². The van der Waals surface area contributed by atoms with Crippen LogP contribution in [-0.4, -0.2) is 21.1 Å². The van der Waals surface area contributed by atoms with Crippen LogP contribution in [0.4, 0.5) is 0 Å². The molecule has 4 heteroatoms. The number of nitrogens with zero attached hydrogens (tertiary/aromatic N) is 2. The quantitative estimate of drug-likeness (QED) is 0.880. The Bertz CT molecular complexity index is 495. The summed E-state index contributed by atoms with van der Waals surface area (Å²) < 4.78 is 2.19. The fourth-order valence-electron chi connectivity index (χ4n) is 2.12. The molecule has 3 nitrogen and oxygen atoms in total. The molecule has 2 unspecified atom stereocenters. The zero-order valence-electron chi connectivity index (χ0n) is 11.5. The van der Waals surface area contributed by atoms with Gasteiger partial charge in [0.15, 0.2) is 0 Å². The van der Waals surface area contributed by atoms with Crippen molar-refractivity contribution in [3.05, 3.63) is 54.1 Å². The molecule has 0 spiro atoms. The molecular formula is C15H21N3S. The molecule has 1 aromatic carbocycles. The maximum absolute atomic E-state index is 6.36. The summed E-state index contributed by atoms with van der Waals surface area (Å²) in [6.45, 7) is 4.40. The highest BCUT2D eigenvalue weighted by Gasteiger charge is 2.16. The van der Waals surface area contributed by atoms with Gasteiger partial charge in [0.05, 0.1) is 24.3 Å². The molecule has 2 atom stereocenters. The van der Waals surface area contributed by atoms with E-state index >= 15 is 0 Å². The van der Waals surface area contributed by atoms with E-state index in [4.69, 9.17) is 5.73 Å². The summed E-state index contributed by atoms with van der Waals surface area (Å²) in [6.07, 6.45) is 3.77. The molecule has 0 radical (unpaired) electrons. The third kappa shape index (κ3) is 3.39. The smallest absolute Gasteiger partial charge is 0.0951 e. The van der Waals surface area contributed by atoms with Crippen LogP contribution in [0.25, 0.3) is 0 Å². The summed E-state index contributed by atoms with van der Waals surface area (Å²) in [5.41, 5.74) is 8.56. The van der Waals surface area contributed by atoms with E-state index in [2.05, 4.69) is 35.5 Å². The summed E-state index contributed by atoms with van der Waals surface area (Å²) in [5, 5.41) is 0. The lowest BCUT2D eigenvalue weighted by Gasteiger charge is -2.20. The van der Waals surface area contributed by atoms with Gasteiger partial charge in [0.2, 0.25) is 0 Å². The SMILES string of the molecule is CCSCC(C)n1cncc1C(N)c1ccccc1. The van der Waals surface area contributed by atoms with Crippen LogP contribution in [0, 0.1) is 0 Å². The average molecular weight is 275 g/mol. The van der Waals surface area contributed by atoms with Crippen molar-refractivity contribution in [2.75, 3.05) is 11.5 Å². The van der Waals surface area contributed by atoms with E-state index in [1.807, 2.05) is 42.5 Å². The van der Waals surface area contributed by atoms with Crippen molar-refractivity contribution in [3.8, 4) is 0 Å². The second kappa shape index (κ2) is 6.78. The van der Waals surface area contributed by atoms with Crippen LogP contribution in [0.3, 0.4) is 0 Å². The van der Waals surface area contributed by atoms with Crippen molar-refractivity contribution in [1.82, 2.24) is 9.55 Å². The lowest BCUT2D eigenvalue weighted by molar-refractivity contribution is 0.568. The maximum atomic E-state index is 6.36. The molecule has 0 saturated carbocycles. The van der Waals surface area contributed by atoms with E-state index in [0.717, 1.165) is 22.8 Å². The van der Waals surface area contributed by atoms with Crippen molar-refractivity contribution >= 4 is 11.8 Å². The highest BCUT2D eigenvalue weighted by Crippen LogP contribution is 2.23. The van der Waals surface area contributed by atoms with E-state index < -0.39 is 0 Å². The van der Waals surface area contributed by atoms with Crippen LogP contribution < -0.4 is 5.73 Å². The van der Waals surface area contributed by atoms with Gasteiger partial charge in [0.25, 0.3) is 0 Å². The Balaban J connectivity index is 2.19. The lowest BCUT2D eigenvalue weighted by Crippen LogP contribution is -2.19. The van der Waals surface area contributed by atoms with Crippen molar-refractivity contribution < 1.29 is 0 Å². The van der Waals surface area contributed by atoms with Crippen molar-refractivity contribution in [1.29, 1.82) is 0 Å². The molecule has 0 amide bonds. The van der Waals surface area contributed by atoms with Crippen LogP contribution in [-0.2, 0) is 0 Å². The summed E-state index contributed by atoms with van der Waals surface area (Å²) in [7, 11) is 0. The molecule has 19 heavy (non-hydrogen) atoms. The third-order valence-electron chi connectivity index (χ3n) is 3.21. The van der Waals surface area contributed by atoms with Crippen LogP contribution in [0.2, 0.25) is 0 Å². The summed E-state index contributed by atoms with van der Waals surface area (Å²) in [4.78, 5) is 4.27. The Labute approximate surface area is 119 Å². The molecule has 0 fully saturated rings. The zero-order chi connectivity index (χ0) is 13.7. The van der Waals surface area contributed by atoms with Crippen molar-refractivity contribution in [2.24, 2.45) is 5.73 Å². The Morgan fingerprint density at radius 2 is 2.05 bits per heavy atom. The molecule has 0 aliphatic rings. The highest BCUT2D eigenvalue weighted by molar-refractivity contribution is 7.99. The lowest BCUT2D eigenvalue weighted by atomic mass is 10.1. The topological polar surface area (TPSA) is 43.8 Å². The first-order chi connectivity index (χ1) is 9.24. The van der Waals surface area contributed by atoms with Crippen LogP contribution in [0.1, 0.15) is 37.2 Å². The fraction of sp³-hybridized carbons (Fsp3) is 0.400. The molecule has 1 aromatic heterocycles. The molecule has 0 aliphatic carbocycles. The van der Waals surface area contributed by atoms with E-state index in [0.29, 0.717) is 6.04 Å². The first-order valence-corrected chi connectivity index (χ1v) is 7.79. The Morgan fingerprint density at radius 3 is 2.74 bits per heavy atom. The van der Waals surface area contributed by atoms with Gasteiger partial charge in [-0.2, -0.15) is 11.8 Å². The largest absolute Gasteiger partial charge is 0.329 e. The van der Waals surface area contributed by atoms with E-state index in [1.54, 1.807) is 0 Å². The Kier molecular flexibility index (Phi) is 5.05. The van der Waals surface area contributed by atoms with Gasteiger partial charge in [-0.15, -0.1) is 0 Å². The minimum Gasteiger partial charge on any atom is -0.329 e. The van der Waals surface area contributed by atoms with Crippen LogP contribution >= 0.6 is 11.8 Å². The number of benzene rings is 1. The normalized spacial score (nSPS) is 14.3. The van der Waals surface area contributed by atoms with E-state index in [1.165, 1.54) is 0 Å². The van der Waals surface area contributed by atoms with Gasteiger partial charge in [0.1, 0.15) is 0 Å². The molecule has 0 saturated heterocycles. The molecule has 2 aromatic rings. The number of rotatable bonds is 6. The minimum atomic E-state index is -0.113. The van der Waals surface area contributed by atoms with Gasteiger partial charge >= 0.3 is 0 Å². The minimum absolute atomic E-state index is 0.113. The molecule has 2 rings (SSSR count). The number of hydrogen-bond donors (Lipinski definition) is 1. The summed E-state index contributed by atoms with van der Waals surface area (Å²) in [5.74, 6) is 2.22. The van der Waals surface area contributed by atoms with Gasteiger partial charge in [-0.05, 0) is 18.2 Å². The predicted molar refractivity (Wildman–Crippen MR) is 82.4 cm³/mol. The van der Waals surface area contributed by atoms with Gasteiger partial charge in [-0.25, -0.2) is 4.98 Å². The standard InChI is InChI=1S/C15H21N3S/c1-3-19-10-12(2)18-11-17-9-14(18)15(16)13-7-5-4-6-8-13/h4-9,11-12,15H,3,10,16H2,1-2H3. The predicted octanol–water partition coefficient (Wildman–Crippen LogP) is 3.25. The third-order valence-corrected chi connectivity index (χ3v) is 4.34. The summed E-state index contributed by atoms with van der Waals surface area (Å²) >= 11 is 1.94. The van der Waals surface area contributed by atoms with Gasteiger partial charge in [0, 0.05) is 11.8 Å². The second-order valence-corrected chi connectivity index (χ2v) is 5.94. The molecule has 0 bridgehead atoms. The molecule has 2 N–H and O–H groups in total. The number of imidazole rings is 1. The van der Waals surface area contributed by atoms with E-state index in [-0.39, 0.29) is 6.04 Å². The first-order valence-electron chi connectivity index (χ1n) is 6.64. The Morgan fingerprint density at radius 1 is 1.32 bits per heavy atom. The van der Waals surface area contributed by atoms with Crippen molar-refractivity contribution in [2.45, 2.75) is 25.9 Å². The number of thioether (sulfide) groups is 1.